The van der Waals surface area contributed by atoms with Crippen molar-refractivity contribution in [2.24, 2.45) is 5.92 Å². The van der Waals surface area contributed by atoms with E-state index in [9.17, 15) is 5.25 Å². The van der Waals surface area contributed by atoms with E-state index in [4.69, 9.17) is 0 Å². The minimum atomic E-state index is -2.77. The van der Waals surface area contributed by atoms with Gasteiger partial charge in [0.25, 0.3) is 0 Å². The first-order chi connectivity index (χ1) is 4.70. The van der Waals surface area contributed by atoms with Gasteiger partial charge >= 0.3 is 29.7 Å². The zero-order valence-corrected chi connectivity index (χ0v) is 8.52. The van der Waals surface area contributed by atoms with Crippen molar-refractivity contribution >= 4 is 0 Å². The van der Waals surface area contributed by atoms with Gasteiger partial charge in [0.15, 0.2) is 0 Å². The molecule has 0 radical (unpaired) electrons. The van der Waals surface area contributed by atoms with Crippen LogP contribution >= 0.6 is 0 Å². The zero-order chi connectivity index (χ0) is 7.98. The first kappa shape index (κ1) is 10.2. The number of rotatable bonds is 0. The second-order valence-electron chi connectivity index (χ2n) is 2.20. The molecule has 0 aromatic heterocycles. The molecule has 10 heavy (non-hydrogen) atoms. The van der Waals surface area contributed by atoms with Crippen molar-refractivity contribution in [1.82, 2.24) is 0 Å². The Morgan fingerprint density at radius 3 is 2.10 bits per heavy atom. The van der Waals surface area contributed by atoms with Gasteiger partial charge in [-0.25, -0.2) is 0 Å². The molecule has 1 unspecified atom stereocenters. The molecule has 1 rings (SSSR count). The van der Waals surface area contributed by atoms with Crippen molar-refractivity contribution in [2.75, 3.05) is 0 Å². The molecule has 0 spiro atoms. The van der Waals surface area contributed by atoms with Gasteiger partial charge in [-0.15, -0.1) is 0 Å². The summed E-state index contributed by atoms with van der Waals surface area (Å²) in [5.41, 5.74) is 1.40. The van der Waals surface area contributed by atoms with Crippen LogP contribution in [0.15, 0.2) is 23.8 Å². The molecular formula is C7H10F2Zr. The van der Waals surface area contributed by atoms with Gasteiger partial charge in [-0.05, 0) is 12.8 Å². The monoisotopic (exact) mass is 222 g/mol. The SMILES string of the molecule is CC1=CC(C)C=C1.[F][Zr][F]. The van der Waals surface area contributed by atoms with Crippen LogP contribution in [0.25, 0.3) is 0 Å². The van der Waals surface area contributed by atoms with Crippen LogP contribution in [-0.4, -0.2) is 0 Å². The molecule has 0 aromatic rings. The third-order valence-corrected chi connectivity index (χ3v) is 1.19. The predicted octanol–water partition coefficient (Wildman–Crippen LogP) is 2.98. The standard InChI is InChI=1S/C7H10.2FH.Zr/c1-6-3-4-7(2)5-6;;;/h3-6H,1-2H3;2*1H;/q;;;+2/p-2. The molecule has 1 atom stereocenters. The maximum atomic E-state index is 9.80. The van der Waals surface area contributed by atoms with E-state index in [1.165, 1.54) is 5.57 Å². The van der Waals surface area contributed by atoms with Crippen molar-refractivity contribution in [3.63, 3.8) is 0 Å². The first-order valence-electron chi connectivity index (χ1n) is 3.03. The molecule has 0 heterocycles. The molecule has 0 fully saturated rings. The fourth-order valence-corrected chi connectivity index (χ4v) is 0.829. The molecular weight excluding hydrogens is 213 g/mol. The van der Waals surface area contributed by atoms with Crippen molar-refractivity contribution in [3.8, 4) is 0 Å². The van der Waals surface area contributed by atoms with E-state index in [-0.39, 0.29) is 0 Å². The van der Waals surface area contributed by atoms with Crippen LogP contribution in [0.5, 0.6) is 0 Å². The molecule has 1 aliphatic rings. The summed E-state index contributed by atoms with van der Waals surface area (Å²) in [7, 11) is 0. The van der Waals surface area contributed by atoms with Gasteiger partial charge in [0, 0.05) is 0 Å². The van der Waals surface area contributed by atoms with E-state index >= 15 is 0 Å². The van der Waals surface area contributed by atoms with Gasteiger partial charge in [-0.1, -0.05) is 30.7 Å². The van der Waals surface area contributed by atoms with Gasteiger partial charge in [0.2, 0.25) is 0 Å². The summed E-state index contributed by atoms with van der Waals surface area (Å²) in [6, 6.07) is 0. The average molecular weight is 223 g/mol. The van der Waals surface area contributed by atoms with Crippen LogP contribution in [0.2, 0.25) is 0 Å². The number of hydrogen-bond acceptors (Lipinski definition) is 0. The summed E-state index contributed by atoms with van der Waals surface area (Å²) in [6.07, 6.45) is 6.61. The van der Waals surface area contributed by atoms with Gasteiger partial charge < -0.3 is 0 Å². The van der Waals surface area contributed by atoms with Crippen LogP contribution in [0.1, 0.15) is 13.8 Å². The molecule has 0 bridgehead atoms. The van der Waals surface area contributed by atoms with E-state index in [2.05, 4.69) is 32.1 Å². The Labute approximate surface area is 73.3 Å². The van der Waals surface area contributed by atoms with E-state index in [1.54, 1.807) is 0 Å². The van der Waals surface area contributed by atoms with Gasteiger partial charge in [-0.2, -0.15) is 0 Å². The first-order valence-corrected chi connectivity index (χ1v) is 4.89. The molecule has 0 amide bonds. The summed E-state index contributed by atoms with van der Waals surface area (Å²) in [5, 5.41) is 0. The average Bonchev–Trinajstić information content (AvgIpc) is 2.17. The molecule has 0 saturated heterocycles. The number of allylic oxidation sites excluding steroid dienone is 4. The van der Waals surface area contributed by atoms with E-state index in [0.717, 1.165) is 0 Å². The Morgan fingerprint density at radius 1 is 1.50 bits per heavy atom. The molecule has 0 aliphatic heterocycles. The van der Waals surface area contributed by atoms with Crippen LogP contribution < -0.4 is 0 Å². The Morgan fingerprint density at radius 2 is 2.00 bits per heavy atom. The topological polar surface area (TPSA) is 0 Å². The van der Waals surface area contributed by atoms with Gasteiger partial charge in [-0.3, -0.25) is 0 Å². The molecule has 0 N–H and O–H groups in total. The summed E-state index contributed by atoms with van der Waals surface area (Å²) >= 11 is -2.77. The van der Waals surface area contributed by atoms with E-state index in [0.29, 0.717) is 5.92 Å². The molecule has 0 saturated carbocycles. The maximum absolute atomic E-state index is 9.80. The van der Waals surface area contributed by atoms with Crippen molar-refractivity contribution < 1.29 is 29.7 Å². The Bertz CT molecular complexity index is 141. The second-order valence-corrected chi connectivity index (χ2v) is 2.55. The summed E-state index contributed by atoms with van der Waals surface area (Å²) in [5.74, 6) is 0.681. The van der Waals surface area contributed by atoms with Gasteiger partial charge in [0.05, 0.1) is 0 Å². The third-order valence-electron chi connectivity index (χ3n) is 1.19. The second kappa shape index (κ2) is 5.97. The van der Waals surface area contributed by atoms with E-state index in [1.807, 2.05) is 0 Å². The summed E-state index contributed by atoms with van der Waals surface area (Å²) < 4.78 is 19.6. The van der Waals surface area contributed by atoms with E-state index < -0.39 is 24.5 Å². The molecule has 3 heteroatoms. The Balaban J connectivity index is 0.000000236. The molecule has 0 aromatic carbocycles. The minimum absolute atomic E-state index is 0.681. The van der Waals surface area contributed by atoms with Crippen LogP contribution in [0.4, 0.5) is 5.25 Å². The van der Waals surface area contributed by atoms with Crippen molar-refractivity contribution in [2.45, 2.75) is 13.8 Å². The number of halogens is 2. The Kier molecular flexibility index (Phi) is 6.10. The fraction of sp³-hybridized carbons (Fsp3) is 0.429. The predicted molar refractivity (Wildman–Crippen MR) is 34.3 cm³/mol. The summed E-state index contributed by atoms with van der Waals surface area (Å²) in [6.45, 7) is 4.31. The quantitative estimate of drug-likeness (QED) is 0.592. The van der Waals surface area contributed by atoms with Crippen LogP contribution in [0, 0.1) is 5.92 Å². The van der Waals surface area contributed by atoms with Gasteiger partial charge in [0.1, 0.15) is 0 Å². The van der Waals surface area contributed by atoms with Crippen LogP contribution in [0.3, 0.4) is 0 Å². The molecule has 1 aliphatic carbocycles. The summed E-state index contributed by atoms with van der Waals surface area (Å²) in [4.78, 5) is 0. The zero-order valence-electron chi connectivity index (χ0n) is 6.07. The fourth-order valence-electron chi connectivity index (χ4n) is 0.829. The normalized spacial score (nSPS) is 21.2. The van der Waals surface area contributed by atoms with Crippen molar-refractivity contribution in [3.05, 3.63) is 23.8 Å². The van der Waals surface area contributed by atoms with Crippen LogP contribution in [-0.2, 0) is 24.5 Å². The third kappa shape index (κ3) is 5.04. The molecule has 56 valence electrons. The Hall–Kier alpha value is 0.223. The molecule has 0 nitrogen and oxygen atoms in total. The number of hydrogen-bond donors (Lipinski definition) is 0. The van der Waals surface area contributed by atoms with Crippen molar-refractivity contribution in [1.29, 1.82) is 0 Å².